The molecule has 0 fully saturated rings. The molecule has 4 aromatic rings. The zero-order chi connectivity index (χ0) is 19.9. The third kappa shape index (κ3) is 4.86. The van der Waals surface area contributed by atoms with Gasteiger partial charge in [0, 0.05) is 11.1 Å². The molecule has 0 radical (unpaired) electrons. The van der Waals surface area contributed by atoms with Crippen LogP contribution >= 0.6 is 11.3 Å². The van der Waals surface area contributed by atoms with Crippen LogP contribution < -0.4 is 10.1 Å². The zero-order valence-electron chi connectivity index (χ0n) is 15.6. The number of aromatic nitrogens is 2. The molecule has 3 aromatic carbocycles. The van der Waals surface area contributed by atoms with Crippen LogP contribution in [0.1, 0.15) is 6.42 Å². The minimum atomic E-state index is -0.155. The van der Waals surface area contributed by atoms with Crippen molar-refractivity contribution in [2.24, 2.45) is 0 Å². The summed E-state index contributed by atoms with van der Waals surface area (Å²) in [6.07, 6.45) is 0.226. The van der Waals surface area contributed by atoms with E-state index in [1.54, 1.807) is 0 Å². The number of rotatable bonds is 7. The van der Waals surface area contributed by atoms with E-state index in [0.717, 1.165) is 27.4 Å². The van der Waals surface area contributed by atoms with Gasteiger partial charge in [-0.1, -0.05) is 90.2 Å². The first-order valence-corrected chi connectivity index (χ1v) is 10.1. The topological polar surface area (TPSA) is 64.1 Å². The Labute approximate surface area is 173 Å². The molecule has 1 heterocycles. The Balaban J connectivity index is 1.33. The lowest BCUT2D eigenvalue weighted by Crippen LogP contribution is -2.15. The van der Waals surface area contributed by atoms with Crippen LogP contribution in [-0.2, 0) is 4.79 Å². The van der Waals surface area contributed by atoms with Crippen molar-refractivity contribution in [1.82, 2.24) is 10.2 Å². The van der Waals surface area contributed by atoms with E-state index in [-0.39, 0.29) is 18.9 Å². The SMILES string of the molecule is O=C(CCOc1ccccc1-c1ccccc1)Nc1nnc(-c2ccccc2)s1. The van der Waals surface area contributed by atoms with Gasteiger partial charge in [-0.05, 0) is 11.6 Å². The second kappa shape index (κ2) is 9.12. The molecule has 0 saturated carbocycles. The van der Waals surface area contributed by atoms with Crippen molar-refractivity contribution in [3.05, 3.63) is 84.9 Å². The summed E-state index contributed by atoms with van der Waals surface area (Å²) < 4.78 is 5.88. The molecule has 1 amide bonds. The highest BCUT2D eigenvalue weighted by atomic mass is 32.1. The second-order valence-electron chi connectivity index (χ2n) is 6.29. The van der Waals surface area contributed by atoms with Gasteiger partial charge >= 0.3 is 0 Å². The van der Waals surface area contributed by atoms with Crippen molar-refractivity contribution in [3.8, 4) is 27.4 Å². The third-order valence-corrected chi connectivity index (χ3v) is 5.14. The van der Waals surface area contributed by atoms with Crippen LogP contribution in [0.25, 0.3) is 21.7 Å². The fraction of sp³-hybridized carbons (Fsp3) is 0.0870. The quantitative estimate of drug-likeness (QED) is 0.458. The maximum atomic E-state index is 12.3. The minimum absolute atomic E-state index is 0.155. The van der Waals surface area contributed by atoms with Crippen LogP contribution in [0.3, 0.4) is 0 Å². The van der Waals surface area contributed by atoms with E-state index in [9.17, 15) is 4.79 Å². The predicted molar refractivity (Wildman–Crippen MR) is 116 cm³/mol. The van der Waals surface area contributed by atoms with Gasteiger partial charge in [-0.2, -0.15) is 0 Å². The Morgan fingerprint density at radius 3 is 2.24 bits per heavy atom. The monoisotopic (exact) mass is 401 g/mol. The van der Waals surface area contributed by atoms with Crippen LogP contribution in [0.5, 0.6) is 5.75 Å². The molecule has 0 aliphatic rings. The summed E-state index contributed by atoms with van der Waals surface area (Å²) in [6, 6.07) is 27.6. The fourth-order valence-electron chi connectivity index (χ4n) is 2.86. The molecule has 0 bridgehead atoms. The molecule has 1 aromatic heterocycles. The number of ether oxygens (including phenoxy) is 1. The smallest absolute Gasteiger partial charge is 0.229 e. The summed E-state index contributed by atoms with van der Waals surface area (Å²) in [6.45, 7) is 0.278. The van der Waals surface area contributed by atoms with E-state index in [0.29, 0.717) is 5.13 Å². The molecule has 0 atom stereocenters. The van der Waals surface area contributed by atoms with Gasteiger partial charge in [0.25, 0.3) is 0 Å². The first-order valence-electron chi connectivity index (χ1n) is 9.25. The highest BCUT2D eigenvalue weighted by molar-refractivity contribution is 7.18. The number of benzene rings is 3. The van der Waals surface area contributed by atoms with Crippen molar-refractivity contribution in [2.75, 3.05) is 11.9 Å². The average Bonchev–Trinajstić information content (AvgIpc) is 3.24. The second-order valence-corrected chi connectivity index (χ2v) is 7.26. The molecule has 144 valence electrons. The largest absolute Gasteiger partial charge is 0.492 e. The lowest BCUT2D eigenvalue weighted by atomic mass is 10.1. The fourth-order valence-corrected chi connectivity index (χ4v) is 3.62. The summed E-state index contributed by atoms with van der Waals surface area (Å²) in [5.74, 6) is 0.603. The van der Waals surface area contributed by atoms with E-state index in [4.69, 9.17) is 4.74 Å². The Morgan fingerprint density at radius 1 is 0.828 bits per heavy atom. The molecule has 29 heavy (non-hydrogen) atoms. The van der Waals surface area contributed by atoms with Crippen molar-refractivity contribution >= 4 is 22.4 Å². The van der Waals surface area contributed by atoms with Gasteiger partial charge in [-0.3, -0.25) is 4.79 Å². The van der Waals surface area contributed by atoms with Crippen molar-refractivity contribution in [3.63, 3.8) is 0 Å². The molecule has 0 unspecified atom stereocenters. The normalized spacial score (nSPS) is 10.5. The molecular weight excluding hydrogens is 382 g/mol. The summed E-state index contributed by atoms with van der Waals surface area (Å²) in [7, 11) is 0. The van der Waals surface area contributed by atoms with Gasteiger partial charge in [0.1, 0.15) is 10.8 Å². The van der Waals surface area contributed by atoms with Crippen molar-refractivity contribution in [2.45, 2.75) is 6.42 Å². The summed E-state index contributed by atoms with van der Waals surface area (Å²) >= 11 is 1.35. The van der Waals surface area contributed by atoms with E-state index in [2.05, 4.69) is 15.5 Å². The molecule has 0 saturated heterocycles. The molecule has 0 aliphatic heterocycles. The standard InChI is InChI=1S/C23H19N3O2S/c27-21(24-23-26-25-22(29-23)18-11-5-2-6-12-18)15-16-28-20-14-8-7-13-19(20)17-9-3-1-4-10-17/h1-14H,15-16H2,(H,24,26,27). The van der Waals surface area contributed by atoms with Crippen LogP contribution in [0.15, 0.2) is 84.9 Å². The Kier molecular flexibility index (Phi) is 5.92. The van der Waals surface area contributed by atoms with Gasteiger partial charge in [0.2, 0.25) is 11.0 Å². The first-order chi connectivity index (χ1) is 14.3. The van der Waals surface area contributed by atoms with Gasteiger partial charge in [0.15, 0.2) is 0 Å². The van der Waals surface area contributed by atoms with Crippen LogP contribution in [0.4, 0.5) is 5.13 Å². The summed E-state index contributed by atoms with van der Waals surface area (Å²) in [4.78, 5) is 12.3. The van der Waals surface area contributed by atoms with E-state index in [1.807, 2.05) is 84.9 Å². The van der Waals surface area contributed by atoms with E-state index >= 15 is 0 Å². The Morgan fingerprint density at radius 2 is 1.48 bits per heavy atom. The van der Waals surface area contributed by atoms with Gasteiger partial charge in [-0.15, -0.1) is 10.2 Å². The summed E-state index contributed by atoms with van der Waals surface area (Å²) in [5.41, 5.74) is 3.06. The summed E-state index contributed by atoms with van der Waals surface area (Å²) in [5, 5.41) is 12.2. The molecule has 4 rings (SSSR count). The maximum absolute atomic E-state index is 12.3. The molecule has 6 heteroatoms. The number of nitrogens with zero attached hydrogens (tertiary/aromatic N) is 2. The number of hydrogen-bond acceptors (Lipinski definition) is 5. The number of carbonyl (C=O) groups excluding carboxylic acids is 1. The van der Waals surface area contributed by atoms with Crippen LogP contribution in [0.2, 0.25) is 0 Å². The predicted octanol–water partition coefficient (Wildman–Crippen LogP) is 5.28. The first kappa shape index (κ1) is 18.8. The number of para-hydroxylation sites is 1. The molecule has 5 nitrogen and oxygen atoms in total. The minimum Gasteiger partial charge on any atom is -0.492 e. The maximum Gasteiger partial charge on any atom is 0.229 e. The number of anilines is 1. The van der Waals surface area contributed by atoms with E-state index < -0.39 is 0 Å². The third-order valence-electron chi connectivity index (χ3n) is 4.25. The number of amides is 1. The van der Waals surface area contributed by atoms with Crippen LogP contribution in [0, 0.1) is 0 Å². The van der Waals surface area contributed by atoms with Gasteiger partial charge in [0.05, 0.1) is 13.0 Å². The lowest BCUT2D eigenvalue weighted by Gasteiger charge is -2.11. The average molecular weight is 401 g/mol. The highest BCUT2D eigenvalue weighted by Gasteiger charge is 2.11. The number of hydrogen-bond donors (Lipinski definition) is 1. The lowest BCUT2D eigenvalue weighted by molar-refractivity contribution is -0.116. The van der Waals surface area contributed by atoms with Crippen LogP contribution in [-0.4, -0.2) is 22.7 Å². The Bertz CT molecular complexity index is 1080. The highest BCUT2D eigenvalue weighted by Crippen LogP contribution is 2.30. The zero-order valence-corrected chi connectivity index (χ0v) is 16.4. The number of nitrogens with one attached hydrogen (secondary N) is 1. The molecule has 0 spiro atoms. The molecule has 0 aliphatic carbocycles. The van der Waals surface area contributed by atoms with Crippen molar-refractivity contribution < 1.29 is 9.53 Å². The van der Waals surface area contributed by atoms with Gasteiger partial charge < -0.3 is 10.1 Å². The van der Waals surface area contributed by atoms with Crippen molar-refractivity contribution in [1.29, 1.82) is 0 Å². The molecule has 1 N–H and O–H groups in total. The van der Waals surface area contributed by atoms with E-state index in [1.165, 1.54) is 11.3 Å². The number of carbonyl (C=O) groups is 1. The Hall–Kier alpha value is -3.51. The van der Waals surface area contributed by atoms with Gasteiger partial charge in [-0.25, -0.2) is 0 Å². The molecular formula is C23H19N3O2S.